The lowest BCUT2D eigenvalue weighted by Gasteiger charge is -2.46. The Balaban J connectivity index is 2.09. The van der Waals surface area contributed by atoms with Gasteiger partial charge in [-0.1, -0.05) is 32.9 Å². The highest BCUT2D eigenvalue weighted by atomic mass is 16.5. The van der Waals surface area contributed by atoms with Crippen molar-refractivity contribution < 1.29 is 24.2 Å². The number of likely N-dealkylation sites (N-methyl/N-ethyl adjacent to an activating group) is 1. The van der Waals surface area contributed by atoms with Crippen LogP contribution in [0.1, 0.15) is 60.8 Å². The molecule has 3 fully saturated rings. The van der Waals surface area contributed by atoms with Gasteiger partial charge in [0, 0.05) is 25.7 Å². The van der Waals surface area contributed by atoms with E-state index in [1.165, 1.54) is 4.90 Å². The fourth-order valence-corrected chi connectivity index (χ4v) is 7.06. The molecule has 1 spiro atoms. The normalized spacial score (nSPS) is 30.2. The highest BCUT2D eigenvalue weighted by Crippen LogP contribution is 2.59. The Kier molecular flexibility index (Phi) is 7.83. The Morgan fingerprint density at radius 1 is 1.19 bits per heavy atom. The van der Waals surface area contributed by atoms with E-state index in [9.17, 15) is 19.5 Å². The molecule has 3 heterocycles. The van der Waals surface area contributed by atoms with Gasteiger partial charge in [0.2, 0.25) is 17.7 Å². The highest BCUT2D eigenvalue weighted by Gasteiger charge is 2.75. The number of hydrogen-bond donors (Lipinski definition) is 1. The molecule has 3 amide bonds. The van der Waals surface area contributed by atoms with Crippen LogP contribution in [-0.2, 0) is 19.1 Å². The number of aliphatic hydroxyl groups is 1. The quantitative estimate of drug-likeness (QED) is 0.463. The standard InChI is InChI=1S/C28H45N3O5/c1-10-14-29(9)23(33)20-19-12-13-28(36-19)21(20)24(34)31(18(3)16-32)22(28)25(35)30(15-11-2)27(7,8)17-26(4,5)6/h10-11,18-22,32H,1-2,12-17H2,3-9H3/t18-,19+,20-,21+,22?,28?/m1/s1. The van der Waals surface area contributed by atoms with Gasteiger partial charge in [0.15, 0.2) is 0 Å². The number of aliphatic hydroxyl groups excluding tert-OH is 1. The fraction of sp³-hybridized carbons (Fsp3) is 0.750. The van der Waals surface area contributed by atoms with Crippen LogP contribution in [0, 0.1) is 17.3 Å². The SMILES string of the molecule is C=CCN(C)C(=O)[C@@H]1[C@@H]2CCC3(O2)C(C(=O)N(CC=C)C(C)(C)CC(C)(C)C)N([C@H](C)CO)C(=O)[C@H]13. The smallest absolute Gasteiger partial charge is 0.249 e. The summed E-state index contributed by atoms with van der Waals surface area (Å²) in [5, 5.41) is 10.1. The first-order valence-corrected chi connectivity index (χ1v) is 13.1. The molecule has 3 rings (SSSR count). The van der Waals surface area contributed by atoms with Crippen LogP contribution in [0.4, 0.5) is 0 Å². The monoisotopic (exact) mass is 503 g/mol. The Bertz CT molecular complexity index is 909. The molecule has 6 atom stereocenters. The number of carbonyl (C=O) groups is 3. The van der Waals surface area contributed by atoms with Gasteiger partial charge in [-0.2, -0.15) is 0 Å². The number of ether oxygens (including phenoxy) is 1. The maximum atomic E-state index is 14.5. The summed E-state index contributed by atoms with van der Waals surface area (Å²) in [7, 11) is 1.69. The molecule has 36 heavy (non-hydrogen) atoms. The fourth-order valence-electron chi connectivity index (χ4n) is 7.06. The summed E-state index contributed by atoms with van der Waals surface area (Å²) < 4.78 is 6.53. The molecule has 0 aromatic carbocycles. The summed E-state index contributed by atoms with van der Waals surface area (Å²) in [6.07, 6.45) is 4.82. The lowest BCUT2D eigenvalue weighted by Crippen LogP contribution is -2.62. The van der Waals surface area contributed by atoms with Crippen molar-refractivity contribution in [2.24, 2.45) is 17.3 Å². The number of carbonyl (C=O) groups excluding carboxylic acids is 3. The van der Waals surface area contributed by atoms with Gasteiger partial charge in [0.1, 0.15) is 11.6 Å². The second-order valence-electron chi connectivity index (χ2n) is 12.6. The molecule has 3 aliphatic heterocycles. The average molecular weight is 504 g/mol. The van der Waals surface area contributed by atoms with Gasteiger partial charge >= 0.3 is 0 Å². The van der Waals surface area contributed by atoms with E-state index in [0.717, 1.165) is 6.42 Å². The van der Waals surface area contributed by atoms with Crippen molar-refractivity contribution in [3.63, 3.8) is 0 Å². The Morgan fingerprint density at radius 2 is 1.81 bits per heavy atom. The van der Waals surface area contributed by atoms with E-state index in [4.69, 9.17) is 4.74 Å². The molecule has 202 valence electrons. The van der Waals surface area contributed by atoms with Gasteiger partial charge in [0.05, 0.1) is 30.6 Å². The van der Waals surface area contributed by atoms with Crippen molar-refractivity contribution in [1.82, 2.24) is 14.7 Å². The zero-order chi connectivity index (χ0) is 27.2. The molecule has 8 nitrogen and oxygen atoms in total. The number of rotatable bonds is 10. The van der Waals surface area contributed by atoms with E-state index in [1.54, 1.807) is 35.9 Å². The van der Waals surface area contributed by atoms with Crippen molar-refractivity contribution in [3.05, 3.63) is 25.3 Å². The molecule has 8 heteroatoms. The predicted molar refractivity (Wildman–Crippen MR) is 139 cm³/mol. The van der Waals surface area contributed by atoms with Crippen molar-refractivity contribution in [1.29, 1.82) is 0 Å². The van der Waals surface area contributed by atoms with Crippen molar-refractivity contribution in [2.45, 2.75) is 90.1 Å². The average Bonchev–Trinajstić information content (AvgIpc) is 3.41. The van der Waals surface area contributed by atoms with Crippen molar-refractivity contribution in [2.75, 3.05) is 26.7 Å². The molecule has 1 N–H and O–H groups in total. The molecular weight excluding hydrogens is 458 g/mol. The third kappa shape index (κ3) is 4.62. The van der Waals surface area contributed by atoms with Gasteiger partial charge in [-0.15, -0.1) is 13.2 Å². The number of amides is 3. The Hall–Kier alpha value is -2.19. The van der Waals surface area contributed by atoms with Crippen LogP contribution in [-0.4, -0.2) is 93.6 Å². The number of nitrogens with zero attached hydrogens (tertiary/aromatic N) is 3. The molecule has 0 aromatic rings. The largest absolute Gasteiger partial charge is 0.394 e. The zero-order valence-corrected chi connectivity index (χ0v) is 23.1. The van der Waals surface area contributed by atoms with E-state index < -0.39 is 41.2 Å². The van der Waals surface area contributed by atoms with E-state index in [1.807, 2.05) is 13.8 Å². The first-order valence-electron chi connectivity index (χ1n) is 13.1. The molecule has 3 aliphatic rings. The predicted octanol–water partition coefficient (Wildman–Crippen LogP) is 2.62. The van der Waals surface area contributed by atoms with Gasteiger partial charge in [-0.25, -0.2) is 0 Å². The van der Waals surface area contributed by atoms with E-state index in [0.29, 0.717) is 25.9 Å². The summed E-state index contributed by atoms with van der Waals surface area (Å²) in [6, 6.07) is -1.50. The lowest BCUT2D eigenvalue weighted by atomic mass is 9.70. The second-order valence-corrected chi connectivity index (χ2v) is 12.6. The van der Waals surface area contributed by atoms with Gasteiger partial charge in [-0.05, 0) is 45.4 Å². The number of fused-ring (bicyclic) bond motifs is 1. The van der Waals surface area contributed by atoms with Gasteiger partial charge < -0.3 is 24.5 Å². The van der Waals surface area contributed by atoms with Crippen LogP contribution in [0.2, 0.25) is 0 Å². The van der Waals surface area contributed by atoms with Crippen LogP contribution < -0.4 is 0 Å². The van der Waals surface area contributed by atoms with Crippen LogP contribution in [0.25, 0.3) is 0 Å². The molecule has 0 radical (unpaired) electrons. The summed E-state index contributed by atoms with van der Waals surface area (Å²) in [6.45, 7) is 20.2. The first kappa shape index (κ1) is 28.4. The molecule has 0 saturated carbocycles. The highest BCUT2D eigenvalue weighted by molar-refractivity contribution is 5.99. The zero-order valence-electron chi connectivity index (χ0n) is 23.1. The van der Waals surface area contributed by atoms with Gasteiger partial charge in [-0.3, -0.25) is 14.4 Å². The minimum absolute atomic E-state index is 0.0385. The summed E-state index contributed by atoms with van der Waals surface area (Å²) in [4.78, 5) is 46.8. The Labute approximate surface area is 216 Å². The summed E-state index contributed by atoms with van der Waals surface area (Å²) in [5.74, 6) is -2.07. The topological polar surface area (TPSA) is 90.4 Å². The Morgan fingerprint density at radius 3 is 2.33 bits per heavy atom. The second kappa shape index (κ2) is 9.93. The minimum atomic E-state index is -1.09. The minimum Gasteiger partial charge on any atom is -0.394 e. The van der Waals surface area contributed by atoms with Crippen molar-refractivity contribution >= 4 is 17.7 Å². The van der Waals surface area contributed by atoms with Crippen LogP contribution in [0.3, 0.4) is 0 Å². The third-order valence-corrected chi connectivity index (χ3v) is 8.05. The van der Waals surface area contributed by atoms with Crippen LogP contribution >= 0.6 is 0 Å². The van der Waals surface area contributed by atoms with Gasteiger partial charge in [0.25, 0.3) is 0 Å². The van der Waals surface area contributed by atoms with Crippen LogP contribution in [0.15, 0.2) is 25.3 Å². The molecule has 2 bridgehead atoms. The molecule has 0 aromatic heterocycles. The van der Waals surface area contributed by atoms with E-state index >= 15 is 0 Å². The molecule has 2 unspecified atom stereocenters. The van der Waals surface area contributed by atoms with Crippen molar-refractivity contribution in [3.8, 4) is 0 Å². The number of hydrogen-bond acceptors (Lipinski definition) is 5. The van der Waals surface area contributed by atoms with Crippen LogP contribution in [0.5, 0.6) is 0 Å². The first-order chi connectivity index (χ1) is 16.7. The third-order valence-electron chi connectivity index (χ3n) is 8.05. The lowest BCUT2D eigenvalue weighted by molar-refractivity contribution is -0.155. The van der Waals surface area contributed by atoms with E-state index in [-0.39, 0.29) is 29.7 Å². The molecule has 3 saturated heterocycles. The molecular formula is C28H45N3O5. The summed E-state index contributed by atoms with van der Waals surface area (Å²) >= 11 is 0. The van der Waals surface area contributed by atoms with E-state index in [2.05, 4.69) is 33.9 Å². The maximum Gasteiger partial charge on any atom is 0.249 e. The molecule has 0 aliphatic carbocycles. The summed E-state index contributed by atoms with van der Waals surface area (Å²) in [5.41, 5.74) is -1.65. The maximum absolute atomic E-state index is 14.5. The number of likely N-dealkylation sites (tertiary alicyclic amines) is 1.